The van der Waals surface area contributed by atoms with Crippen molar-refractivity contribution in [2.45, 2.75) is 19.8 Å². The Balaban J connectivity index is 2.29. The third-order valence-corrected chi connectivity index (χ3v) is 3.22. The average molecular weight is 294 g/mol. The standard InChI is InChI=1S/C18H18N2O2/c1-12(2)14-7-4-13(5-8-14)6-10-16-15(19)9-11-17(20-16)18(21)22-3/h4-5,7-9,11-12H,19H2,1-3H3. The molecule has 4 heteroatoms. The van der Waals surface area contributed by atoms with Gasteiger partial charge >= 0.3 is 5.97 Å². The number of pyridine rings is 1. The number of hydrogen-bond donors (Lipinski definition) is 1. The molecule has 0 saturated carbocycles. The first-order chi connectivity index (χ1) is 10.5. The maximum Gasteiger partial charge on any atom is 0.356 e. The summed E-state index contributed by atoms with van der Waals surface area (Å²) in [4.78, 5) is 15.6. The van der Waals surface area contributed by atoms with Gasteiger partial charge < -0.3 is 10.5 Å². The Labute approximate surface area is 130 Å². The van der Waals surface area contributed by atoms with Gasteiger partial charge in [0, 0.05) is 5.56 Å². The number of anilines is 1. The van der Waals surface area contributed by atoms with Gasteiger partial charge in [0.15, 0.2) is 0 Å². The minimum absolute atomic E-state index is 0.191. The second-order valence-corrected chi connectivity index (χ2v) is 5.15. The molecule has 112 valence electrons. The normalized spacial score (nSPS) is 10.0. The highest BCUT2D eigenvalue weighted by atomic mass is 16.5. The molecule has 0 bridgehead atoms. The number of ether oxygens (including phenoxy) is 1. The summed E-state index contributed by atoms with van der Waals surface area (Å²) >= 11 is 0. The van der Waals surface area contributed by atoms with Gasteiger partial charge in [0.2, 0.25) is 0 Å². The first-order valence-electron chi connectivity index (χ1n) is 6.98. The number of benzene rings is 1. The molecule has 22 heavy (non-hydrogen) atoms. The number of nitrogens with two attached hydrogens (primary N) is 1. The van der Waals surface area contributed by atoms with Crippen molar-refractivity contribution in [2.24, 2.45) is 0 Å². The lowest BCUT2D eigenvalue weighted by Gasteiger charge is -2.04. The molecule has 4 nitrogen and oxygen atoms in total. The summed E-state index contributed by atoms with van der Waals surface area (Å²) < 4.78 is 4.64. The van der Waals surface area contributed by atoms with Gasteiger partial charge in [0.25, 0.3) is 0 Å². The van der Waals surface area contributed by atoms with Crippen LogP contribution < -0.4 is 5.73 Å². The molecule has 1 heterocycles. The molecular formula is C18H18N2O2. The topological polar surface area (TPSA) is 65.2 Å². The maximum absolute atomic E-state index is 11.5. The lowest BCUT2D eigenvalue weighted by atomic mass is 10.0. The number of carbonyl (C=O) groups is 1. The molecule has 0 aliphatic rings. The Hall–Kier alpha value is -2.80. The molecule has 0 atom stereocenters. The Bertz CT molecular complexity index is 738. The van der Waals surface area contributed by atoms with E-state index in [0.29, 0.717) is 17.3 Å². The van der Waals surface area contributed by atoms with E-state index in [1.807, 2.05) is 12.1 Å². The van der Waals surface area contributed by atoms with Crippen molar-refractivity contribution in [3.63, 3.8) is 0 Å². The Morgan fingerprint density at radius 2 is 1.82 bits per heavy atom. The van der Waals surface area contributed by atoms with Crippen LogP contribution in [0, 0.1) is 11.8 Å². The van der Waals surface area contributed by atoms with Crippen LogP contribution in [0.15, 0.2) is 36.4 Å². The third-order valence-electron chi connectivity index (χ3n) is 3.22. The van der Waals surface area contributed by atoms with E-state index in [-0.39, 0.29) is 5.69 Å². The lowest BCUT2D eigenvalue weighted by Crippen LogP contribution is -2.06. The molecule has 2 rings (SSSR count). The number of esters is 1. The van der Waals surface area contributed by atoms with Gasteiger partial charge in [0.05, 0.1) is 12.8 Å². The number of hydrogen-bond acceptors (Lipinski definition) is 4. The molecule has 0 spiro atoms. The molecule has 1 aromatic carbocycles. The number of methoxy groups -OCH3 is 1. The molecule has 2 aromatic rings. The van der Waals surface area contributed by atoms with Crippen LogP contribution in [0.25, 0.3) is 0 Å². The summed E-state index contributed by atoms with van der Waals surface area (Å²) in [5, 5.41) is 0. The van der Waals surface area contributed by atoms with Crippen molar-refractivity contribution in [2.75, 3.05) is 12.8 Å². The monoisotopic (exact) mass is 294 g/mol. The summed E-state index contributed by atoms with van der Waals surface area (Å²) in [5.74, 6) is 5.88. The molecule has 0 fully saturated rings. The van der Waals surface area contributed by atoms with E-state index < -0.39 is 5.97 Å². The van der Waals surface area contributed by atoms with Crippen LogP contribution in [0.5, 0.6) is 0 Å². The first kappa shape index (κ1) is 15.6. The SMILES string of the molecule is COC(=O)c1ccc(N)c(C#Cc2ccc(C(C)C)cc2)n1. The van der Waals surface area contributed by atoms with Crippen molar-refractivity contribution in [3.8, 4) is 11.8 Å². The largest absolute Gasteiger partial charge is 0.464 e. The highest BCUT2D eigenvalue weighted by Crippen LogP contribution is 2.14. The Morgan fingerprint density at radius 1 is 1.14 bits per heavy atom. The third kappa shape index (κ3) is 3.64. The van der Waals surface area contributed by atoms with Gasteiger partial charge in [0.1, 0.15) is 11.4 Å². The Kier molecular flexibility index (Phi) is 4.80. The summed E-state index contributed by atoms with van der Waals surface area (Å²) in [6.07, 6.45) is 0. The number of nitrogens with zero attached hydrogens (tertiary/aromatic N) is 1. The minimum atomic E-state index is -0.510. The molecule has 0 unspecified atom stereocenters. The summed E-state index contributed by atoms with van der Waals surface area (Å²) in [7, 11) is 1.31. The lowest BCUT2D eigenvalue weighted by molar-refractivity contribution is 0.0594. The van der Waals surface area contributed by atoms with Gasteiger partial charge in [-0.3, -0.25) is 0 Å². The van der Waals surface area contributed by atoms with Crippen LogP contribution in [-0.2, 0) is 4.74 Å². The fourth-order valence-corrected chi connectivity index (χ4v) is 1.87. The highest BCUT2D eigenvalue weighted by molar-refractivity contribution is 5.87. The van der Waals surface area contributed by atoms with E-state index in [2.05, 4.69) is 47.5 Å². The second kappa shape index (κ2) is 6.77. The zero-order valence-electron chi connectivity index (χ0n) is 12.9. The molecule has 1 aromatic heterocycles. The van der Waals surface area contributed by atoms with Gasteiger partial charge in [-0.25, -0.2) is 9.78 Å². The van der Waals surface area contributed by atoms with Crippen molar-refractivity contribution in [3.05, 3.63) is 58.9 Å². The van der Waals surface area contributed by atoms with Crippen LogP contribution in [0.4, 0.5) is 5.69 Å². The predicted molar refractivity (Wildman–Crippen MR) is 86.5 cm³/mol. The number of carbonyl (C=O) groups excluding carboxylic acids is 1. The quantitative estimate of drug-likeness (QED) is 0.683. The molecule has 0 aliphatic heterocycles. The fourth-order valence-electron chi connectivity index (χ4n) is 1.87. The molecular weight excluding hydrogens is 276 g/mol. The van der Waals surface area contributed by atoms with E-state index in [1.165, 1.54) is 18.7 Å². The van der Waals surface area contributed by atoms with E-state index in [9.17, 15) is 4.79 Å². The van der Waals surface area contributed by atoms with Crippen LogP contribution in [-0.4, -0.2) is 18.1 Å². The second-order valence-electron chi connectivity index (χ2n) is 5.15. The van der Waals surface area contributed by atoms with Crippen LogP contribution in [0.1, 0.15) is 47.1 Å². The average Bonchev–Trinajstić information content (AvgIpc) is 2.53. The zero-order chi connectivity index (χ0) is 16.1. The molecule has 0 radical (unpaired) electrons. The summed E-state index contributed by atoms with van der Waals surface area (Å²) in [6.45, 7) is 4.28. The van der Waals surface area contributed by atoms with Crippen molar-refractivity contribution >= 4 is 11.7 Å². The van der Waals surface area contributed by atoms with E-state index in [4.69, 9.17) is 5.73 Å². The number of aromatic nitrogens is 1. The van der Waals surface area contributed by atoms with Gasteiger partial charge in [-0.05, 0) is 41.7 Å². The molecule has 0 aliphatic carbocycles. The van der Waals surface area contributed by atoms with E-state index >= 15 is 0 Å². The van der Waals surface area contributed by atoms with Crippen molar-refractivity contribution < 1.29 is 9.53 Å². The van der Waals surface area contributed by atoms with Gasteiger partial charge in [-0.15, -0.1) is 0 Å². The smallest absolute Gasteiger partial charge is 0.356 e. The van der Waals surface area contributed by atoms with Crippen LogP contribution in [0.2, 0.25) is 0 Å². The van der Waals surface area contributed by atoms with Gasteiger partial charge in [-0.2, -0.15) is 0 Å². The highest BCUT2D eigenvalue weighted by Gasteiger charge is 2.09. The van der Waals surface area contributed by atoms with Gasteiger partial charge in [-0.1, -0.05) is 31.9 Å². The van der Waals surface area contributed by atoms with Crippen molar-refractivity contribution in [1.29, 1.82) is 0 Å². The summed E-state index contributed by atoms with van der Waals surface area (Å²) in [6, 6.07) is 11.1. The zero-order valence-corrected chi connectivity index (χ0v) is 12.9. The van der Waals surface area contributed by atoms with E-state index in [1.54, 1.807) is 6.07 Å². The minimum Gasteiger partial charge on any atom is -0.464 e. The molecule has 0 saturated heterocycles. The first-order valence-corrected chi connectivity index (χ1v) is 6.98. The van der Waals surface area contributed by atoms with Crippen LogP contribution in [0.3, 0.4) is 0 Å². The molecule has 2 N–H and O–H groups in total. The van der Waals surface area contributed by atoms with Crippen LogP contribution >= 0.6 is 0 Å². The molecule has 0 amide bonds. The maximum atomic E-state index is 11.5. The van der Waals surface area contributed by atoms with E-state index in [0.717, 1.165) is 5.56 Å². The summed E-state index contributed by atoms with van der Waals surface area (Å²) in [5.41, 5.74) is 8.96. The van der Waals surface area contributed by atoms with Crippen molar-refractivity contribution in [1.82, 2.24) is 4.98 Å². The predicted octanol–water partition coefficient (Wildman–Crippen LogP) is 2.97. The number of rotatable bonds is 2. The number of nitrogen functional groups attached to an aromatic ring is 1. The fraction of sp³-hybridized carbons (Fsp3) is 0.222. The Morgan fingerprint density at radius 3 is 2.41 bits per heavy atom.